The molecule has 1 aliphatic heterocycles. The highest BCUT2D eigenvalue weighted by Crippen LogP contribution is 2.33. The number of carbonyl (C=O) groups excluding carboxylic acids is 1. The summed E-state index contributed by atoms with van der Waals surface area (Å²) in [6.45, 7) is 1.15. The summed E-state index contributed by atoms with van der Waals surface area (Å²) in [5, 5.41) is 0. The number of aromatic nitrogens is 2. The second-order valence-electron chi connectivity index (χ2n) is 6.60. The van der Waals surface area contributed by atoms with E-state index in [0.717, 1.165) is 17.7 Å². The van der Waals surface area contributed by atoms with Crippen molar-refractivity contribution in [2.24, 2.45) is 0 Å². The fourth-order valence-electron chi connectivity index (χ4n) is 3.58. The number of methoxy groups -OCH3 is 2. The van der Waals surface area contributed by atoms with Crippen molar-refractivity contribution in [3.8, 4) is 17.2 Å². The molecular formula is C21H21N3O3S. The topological polar surface area (TPSA) is 59.5 Å². The number of benzene rings is 2. The van der Waals surface area contributed by atoms with E-state index < -0.39 is 0 Å². The third-order valence-corrected chi connectivity index (χ3v) is 5.32. The molecule has 144 valence electrons. The molecule has 1 N–H and O–H groups in total. The van der Waals surface area contributed by atoms with Crippen LogP contribution in [0.1, 0.15) is 21.6 Å². The Hall–Kier alpha value is -3.06. The van der Waals surface area contributed by atoms with Gasteiger partial charge in [0, 0.05) is 25.0 Å². The Labute approximate surface area is 168 Å². The number of nitrogens with one attached hydrogen (secondary N) is 1. The van der Waals surface area contributed by atoms with Crippen LogP contribution in [-0.4, -0.2) is 41.1 Å². The van der Waals surface area contributed by atoms with E-state index >= 15 is 0 Å². The van der Waals surface area contributed by atoms with Crippen molar-refractivity contribution in [1.82, 2.24) is 14.5 Å². The van der Waals surface area contributed by atoms with Gasteiger partial charge in [-0.25, -0.2) is 0 Å². The zero-order chi connectivity index (χ0) is 19.7. The van der Waals surface area contributed by atoms with Crippen molar-refractivity contribution in [1.29, 1.82) is 0 Å². The van der Waals surface area contributed by atoms with E-state index in [9.17, 15) is 4.79 Å². The van der Waals surface area contributed by atoms with Crippen molar-refractivity contribution < 1.29 is 14.3 Å². The summed E-state index contributed by atoms with van der Waals surface area (Å²) in [5.74, 6) is 1.32. The maximum Gasteiger partial charge on any atom is 0.272 e. The molecule has 0 radical (unpaired) electrons. The largest absolute Gasteiger partial charge is 0.493 e. The van der Waals surface area contributed by atoms with E-state index in [2.05, 4.69) is 4.98 Å². The molecular weight excluding hydrogens is 374 g/mol. The molecule has 6 nitrogen and oxygen atoms in total. The molecule has 0 fully saturated rings. The Morgan fingerprint density at radius 2 is 1.75 bits per heavy atom. The van der Waals surface area contributed by atoms with Crippen LogP contribution in [0.5, 0.6) is 11.5 Å². The maximum absolute atomic E-state index is 13.3. The number of fused-ring (bicyclic) bond motifs is 1. The summed E-state index contributed by atoms with van der Waals surface area (Å²) in [4.78, 5) is 18.1. The number of hydrogen-bond acceptors (Lipinski definition) is 4. The fourth-order valence-corrected chi connectivity index (χ4v) is 3.84. The predicted octanol–water partition coefficient (Wildman–Crippen LogP) is 3.75. The maximum atomic E-state index is 13.3. The van der Waals surface area contributed by atoms with Gasteiger partial charge in [-0.1, -0.05) is 18.2 Å². The first-order valence-corrected chi connectivity index (χ1v) is 9.42. The Morgan fingerprint density at radius 1 is 1.07 bits per heavy atom. The van der Waals surface area contributed by atoms with E-state index in [1.807, 2.05) is 47.4 Å². The molecule has 0 saturated carbocycles. The third kappa shape index (κ3) is 3.18. The Morgan fingerprint density at radius 3 is 2.43 bits per heavy atom. The van der Waals surface area contributed by atoms with Crippen molar-refractivity contribution in [2.75, 3.05) is 20.8 Å². The van der Waals surface area contributed by atoms with Crippen LogP contribution < -0.4 is 9.47 Å². The molecule has 0 unspecified atom stereocenters. The van der Waals surface area contributed by atoms with Crippen LogP contribution in [0.4, 0.5) is 0 Å². The number of aromatic amines is 1. The van der Waals surface area contributed by atoms with Gasteiger partial charge in [0.2, 0.25) is 0 Å². The SMILES string of the molecule is COc1cc2c(cc1OC)CN(C(=O)c1c[nH]c(=S)n1-c1ccccc1)CC2. The van der Waals surface area contributed by atoms with Gasteiger partial charge in [-0.2, -0.15) is 0 Å². The molecule has 7 heteroatoms. The Kier molecular flexibility index (Phi) is 4.92. The molecule has 0 aliphatic carbocycles. The standard InChI is InChI=1S/C21H21N3O3S/c1-26-18-10-14-8-9-23(13-15(14)11-19(18)27-2)20(25)17-12-22-21(28)24(17)16-6-4-3-5-7-16/h3-7,10-12H,8-9,13H2,1-2H3,(H,22,28). The van der Waals surface area contributed by atoms with Crippen molar-refractivity contribution in [3.63, 3.8) is 0 Å². The molecule has 2 heterocycles. The van der Waals surface area contributed by atoms with Crippen LogP contribution >= 0.6 is 12.2 Å². The average Bonchev–Trinajstić information content (AvgIpc) is 3.13. The molecule has 0 saturated heterocycles. The summed E-state index contributed by atoms with van der Waals surface area (Å²) >= 11 is 5.41. The lowest BCUT2D eigenvalue weighted by Crippen LogP contribution is -2.37. The van der Waals surface area contributed by atoms with Gasteiger partial charge < -0.3 is 19.4 Å². The predicted molar refractivity (Wildman–Crippen MR) is 109 cm³/mol. The minimum Gasteiger partial charge on any atom is -0.493 e. The van der Waals surface area contributed by atoms with Crippen LogP contribution in [-0.2, 0) is 13.0 Å². The summed E-state index contributed by atoms with van der Waals surface area (Å²) in [7, 11) is 3.24. The molecule has 1 amide bonds. The smallest absolute Gasteiger partial charge is 0.272 e. The van der Waals surface area contributed by atoms with Gasteiger partial charge in [0.1, 0.15) is 5.69 Å². The fraction of sp³-hybridized carbons (Fsp3) is 0.238. The molecule has 0 atom stereocenters. The highest BCUT2D eigenvalue weighted by atomic mass is 32.1. The van der Waals surface area contributed by atoms with Gasteiger partial charge in [-0.05, 0) is 54.0 Å². The second kappa shape index (κ2) is 7.52. The number of rotatable bonds is 4. The number of hydrogen-bond donors (Lipinski definition) is 1. The number of carbonyl (C=O) groups is 1. The minimum absolute atomic E-state index is 0.0587. The molecule has 4 rings (SSSR count). The summed E-state index contributed by atoms with van der Waals surface area (Å²) < 4.78 is 13.1. The molecule has 1 aliphatic rings. The quantitative estimate of drug-likeness (QED) is 0.684. The zero-order valence-corrected chi connectivity index (χ0v) is 16.6. The number of H-pyrrole nitrogens is 1. The van der Waals surface area contributed by atoms with Gasteiger partial charge in [0.15, 0.2) is 16.3 Å². The third-order valence-electron chi connectivity index (χ3n) is 5.02. The van der Waals surface area contributed by atoms with Crippen molar-refractivity contribution >= 4 is 18.1 Å². The van der Waals surface area contributed by atoms with Crippen LogP contribution in [0.25, 0.3) is 5.69 Å². The number of nitrogens with zero attached hydrogens (tertiary/aromatic N) is 2. The number of imidazole rings is 1. The van der Waals surface area contributed by atoms with Gasteiger partial charge in [0.25, 0.3) is 5.91 Å². The number of ether oxygens (including phenoxy) is 2. The van der Waals surface area contributed by atoms with E-state index in [1.165, 1.54) is 5.56 Å². The molecule has 0 spiro atoms. The first-order chi connectivity index (χ1) is 13.6. The van der Waals surface area contributed by atoms with E-state index in [-0.39, 0.29) is 5.91 Å². The molecule has 0 bridgehead atoms. The monoisotopic (exact) mass is 395 g/mol. The van der Waals surface area contributed by atoms with Crippen LogP contribution in [0.15, 0.2) is 48.7 Å². The zero-order valence-electron chi connectivity index (χ0n) is 15.8. The summed E-state index contributed by atoms with van der Waals surface area (Å²) in [5.41, 5.74) is 3.63. The highest BCUT2D eigenvalue weighted by Gasteiger charge is 2.26. The highest BCUT2D eigenvalue weighted by molar-refractivity contribution is 7.71. The van der Waals surface area contributed by atoms with Gasteiger partial charge in [-0.15, -0.1) is 0 Å². The second-order valence-corrected chi connectivity index (χ2v) is 6.99. The lowest BCUT2D eigenvalue weighted by Gasteiger charge is -2.29. The Balaban J connectivity index is 1.66. The Bertz CT molecular complexity index is 1070. The number of para-hydroxylation sites is 1. The van der Waals surface area contributed by atoms with Gasteiger partial charge in [0.05, 0.1) is 14.2 Å². The van der Waals surface area contributed by atoms with Crippen LogP contribution in [0, 0.1) is 4.77 Å². The lowest BCUT2D eigenvalue weighted by atomic mass is 9.98. The van der Waals surface area contributed by atoms with Gasteiger partial charge >= 0.3 is 0 Å². The molecule has 1 aromatic heterocycles. The number of amides is 1. The lowest BCUT2D eigenvalue weighted by molar-refractivity contribution is 0.0726. The first-order valence-electron chi connectivity index (χ1n) is 9.01. The van der Waals surface area contributed by atoms with Gasteiger partial charge in [-0.3, -0.25) is 9.36 Å². The molecule has 28 heavy (non-hydrogen) atoms. The van der Waals surface area contributed by atoms with E-state index in [0.29, 0.717) is 35.1 Å². The summed E-state index contributed by atoms with van der Waals surface area (Å²) in [6, 6.07) is 13.6. The van der Waals surface area contributed by atoms with Crippen LogP contribution in [0.3, 0.4) is 0 Å². The average molecular weight is 395 g/mol. The van der Waals surface area contributed by atoms with Crippen LogP contribution in [0.2, 0.25) is 0 Å². The summed E-state index contributed by atoms with van der Waals surface area (Å²) in [6.07, 6.45) is 2.44. The van der Waals surface area contributed by atoms with Crippen molar-refractivity contribution in [2.45, 2.75) is 13.0 Å². The molecule has 2 aromatic carbocycles. The van der Waals surface area contributed by atoms with E-state index in [4.69, 9.17) is 21.7 Å². The van der Waals surface area contributed by atoms with E-state index in [1.54, 1.807) is 25.0 Å². The first kappa shape index (κ1) is 18.3. The van der Waals surface area contributed by atoms with Crippen molar-refractivity contribution in [3.05, 3.63) is 70.3 Å². The minimum atomic E-state index is -0.0587. The molecule has 3 aromatic rings. The normalized spacial score (nSPS) is 13.1.